The zero-order valence-electron chi connectivity index (χ0n) is 16.5. The first-order chi connectivity index (χ1) is 11.0. The summed E-state index contributed by atoms with van der Waals surface area (Å²) in [4.78, 5) is 22.9. The molecule has 24 heavy (non-hydrogen) atoms. The second kappa shape index (κ2) is 15.9. The first-order valence-electron chi connectivity index (χ1n) is 8.95. The quantitative estimate of drug-likeness (QED) is 0.295. The number of aliphatic imine (C=N–C) groups is 1. The normalized spacial score (nSPS) is 11.2. The van der Waals surface area contributed by atoms with Crippen molar-refractivity contribution in [2.24, 2.45) is 4.99 Å². The Kier molecular flexibility index (Phi) is 17.0. The minimum Gasteiger partial charge on any atom is -0.357 e. The summed E-state index contributed by atoms with van der Waals surface area (Å²) < 4.78 is 0. The Labute approximate surface area is 166 Å². The summed E-state index contributed by atoms with van der Waals surface area (Å²) in [5, 5.41) is 3.27. The molecule has 0 saturated carbocycles. The number of carbonyl (C=O) groups excluding carboxylic acids is 1. The van der Waals surface area contributed by atoms with Crippen molar-refractivity contribution in [3.63, 3.8) is 0 Å². The van der Waals surface area contributed by atoms with Crippen LogP contribution in [0.3, 0.4) is 0 Å². The van der Waals surface area contributed by atoms with Crippen molar-refractivity contribution < 1.29 is 4.79 Å². The lowest BCUT2D eigenvalue weighted by molar-refractivity contribution is -0.131. The van der Waals surface area contributed by atoms with Gasteiger partial charge < -0.3 is 20.0 Å². The van der Waals surface area contributed by atoms with E-state index in [4.69, 9.17) is 0 Å². The van der Waals surface area contributed by atoms with E-state index in [1.807, 2.05) is 37.6 Å². The molecule has 0 saturated heterocycles. The third-order valence-corrected chi connectivity index (χ3v) is 3.82. The van der Waals surface area contributed by atoms with E-state index in [9.17, 15) is 4.79 Å². The van der Waals surface area contributed by atoms with Crippen molar-refractivity contribution >= 4 is 35.8 Å². The van der Waals surface area contributed by atoms with E-state index in [1.165, 1.54) is 12.8 Å². The van der Waals surface area contributed by atoms with E-state index in [1.54, 1.807) is 0 Å². The van der Waals surface area contributed by atoms with Crippen molar-refractivity contribution in [2.75, 3.05) is 59.9 Å². The highest BCUT2D eigenvalue weighted by molar-refractivity contribution is 14.0. The van der Waals surface area contributed by atoms with E-state index in [2.05, 4.69) is 29.2 Å². The van der Waals surface area contributed by atoms with Gasteiger partial charge in [-0.2, -0.15) is 0 Å². The average Bonchev–Trinajstić information content (AvgIpc) is 2.53. The lowest BCUT2D eigenvalue weighted by Gasteiger charge is -2.26. The average molecular weight is 455 g/mol. The van der Waals surface area contributed by atoms with Crippen molar-refractivity contribution in [1.82, 2.24) is 20.0 Å². The summed E-state index contributed by atoms with van der Waals surface area (Å²) in [6, 6.07) is 0. The molecule has 0 heterocycles. The van der Waals surface area contributed by atoms with Crippen LogP contribution in [0.15, 0.2) is 4.99 Å². The lowest BCUT2D eigenvalue weighted by Crippen LogP contribution is -2.45. The summed E-state index contributed by atoms with van der Waals surface area (Å²) in [5.41, 5.74) is 0. The molecule has 1 N–H and O–H groups in total. The third kappa shape index (κ3) is 11.1. The molecule has 0 atom stereocenters. The number of rotatable bonds is 11. The van der Waals surface area contributed by atoms with Crippen LogP contribution < -0.4 is 5.32 Å². The molecule has 0 aliphatic rings. The van der Waals surface area contributed by atoms with E-state index in [0.717, 1.165) is 45.2 Å². The van der Waals surface area contributed by atoms with Crippen molar-refractivity contribution in [3.05, 3.63) is 0 Å². The molecule has 144 valence electrons. The fourth-order valence-corrected chi connectivity index (χ4v) is 2.29. The molecule has 0 aromatic heterocycles. The van der Waals surface area contributed by atoms with E-state index in [0.29, 0.717) is 6.54 Å². The van der Waals surface area contributed by atoms with Gasteiger partial charge in [-0.15, -0.1) is 24.0 Å². The monoisotopic (exact) mass is 455 g/mol. The van der Waals surface area contributed by atoms with Crippen molar-refractivity contribution in [3.8, 4) is 0 Å². The van der Waals surface area contributed by atoms with E-state index < -0.39 is 0 Å². The minimum absolute atomic E-state index is 0. The number of likely N-dealkylation sites (N-methyl/N-ethyl adjacent to an activating group) is 3. The Morgan fingerprint density at radius 1 is 1.04 bits per heavy atom. The molecule has 0 aliphatic carbocycles. The molecular weight excluding hydrogens is 417 g/mol. The molecule has 0 spiro atoms. The third-order valence-electron chi connectivity index (χ3n) is 3.82. The Morgan fingerprint density at radius 3 is 2.17 bits per heavy atom. The molecule has 0 aliphatic heterocycles. The second-order valence-corrected chi connectivity index (χ2v) is 5.81. The van der Waals surface area contributed by atoms with Crippen LogP contribution in [0, 0.1) is 0 Å². The van der Waals surface area contributed by atoms with E-state index in [-0.39, 0.29) is 29.9 Å². The van der Waals surface area contributed by atoms with Gasteiger partial charge in [-0.3, -0.25) is 9.79 Å². The van der Waals surface area contributed by atoms with Gasteiger partial charge in [0.25, 0.3) is 0 Å². The lowest BCUT2D eigenvalue weighted by atomic mass is 10.3. The van der Waals surface area contributed by atoms with Gasteiger partial charge in [-0.1, -0.05) is 13.3 Å². The molecule has 1 amide bonds. The van der Waals surface area contributed by atoms with Crippen LogP contribution in [0.25, 0.3) is 0 Å². The van der Waals surface area contributed by atoms with E-state index >= 15 is 0 Å². The first-order valence-corrected chi connectivity index (χ1v) is 8.95. The zero-order valence-corrected chi connectivity index (χ0v) is 18.8. The van der Waals surface area contributed by atoms with Crippen molar-refractivity contribution in [2.45, 2.75) is 40.5 Å². The Bertz CT molecular complexity index is 348. The number of nitrogens with one attached hydrogen (secondary N) is 1. The van der Waals surface area contributed by atoms with Crippen LogP contribution in [0.4, 0.5) is 0 Å². The highest BCUT2D eigenvalue weighted by atomic mass is 127. The number of amides is 1. The number of guanidine groups is 1. The highest BCUT2D eigenvalue weighted by Crippen LogP contribution is 1.95. The topological polar surface area (TPSA) is 51.2 Å². The molecule has 0 radical (unpaired) electrons. The standard InChI is InChI=1S/C17H37N5O.HI/c1-7-11-13-20(5)14-12-19-17(18-8-2)21(6)15-16(23)22(9-3)10-4;/h7-15H2,1-6H3,(H,18,19);1H. The fourth-order valence-electron chi connectivity index (χ4n) is 2.29. The summed E-state index contributed by atoms with van der Waals surface area (Å²) in [7, 11) is 4.05. The van der Waals surface area contributed by atoms with Gasteiger partial charge in [0.05, 0.1) is 13.1 Å². The molecule has 6 nitrogen and oxygen atoms in total. The predicted molar refractivity (Wildman–Crippen MR) is 114 cm³/mol. The number of carbonyl (C=O) groups is 1. The number of hydrogen-bond acceptors (Lipinski definition) is 3. The zero-order chi connectivity index (χ0) is 17.7. The van der Waals surface area contributed by atoms with Crippen LogP contribution in [-0.2, 0) is 4.79 Å². The van der Waals surface area contributed by atoms with Crippen LogP contribution in [0.2, 0.25) is 0 Å². The van der Waals surface area contributed by atoms with Gasteiger partial charge in [-0.05, 0) is 40.8 Å². The summed E-state index contributed by atoms with van der Waals surface area (Å²) in [6.07, 6.45) is 2.44. The molecule has 0 rings (SSSR count). The molecular formula is C17H38IN5O. The predicted octanol–water partition coefficient (Wildman–Crippen LogP) is 2.10. The van der Waals surface area contributed by atoms with Crippen LogP contribution in [0.1, 0.15) is 40.5 Å². The minimum atomic E-state index is 0. The number of unbranched alkanes of at least 4 members (excludes halogenated alkanes) is 1. The number of nitrogens with zero attached hydrogens (tertiary/aromatic N) is 4. The summed E-state index contributed by atoms with van der Waals surface area (Å²) in [5.74, 6) is 0.945. The maximum Gasteiger partial charge on any atom is 0.242 e. The largest absolute Gasteiger partial charge is 0.357 e. The van der Waals surface area contributed by atoms with Gasteiger partial charge >= 0.3 is 0 Å². The molecule has 7 heteroatoms. The van der Waals surface area contributed by atoms with Gasteiger partial charge in [0.2, 0.25) is 5.91 Å². The van der Waals surface area contributed by atoms with Gasteiger partial charge in [0, 0.05) is 33.2 Å². The number of halogens is 1. The maximum absolute atomic E-state index is 12.2. The Balaban J connectivity index is 0. The van der Waals surface area contributed by atoms with Crippen molar-refractivity contribution in [1.29, 1.82) is 0 Å². The van der Waals surface area contributed by atoms with Gasteiger partial charge in [-0.25, -0.2) is 0 Å². The summed E-state index contributed by atoms with van der Waals surface area (Å²) >= 11 is 0. The summed E-state index contributed by atoms with van der Waals surface area (Å²) in [6.45, 7) is 13.7. The molecule has 0 aromatic rings. The highest BCUT2D eigenvalue weighted by Gasteiger charge is 2.14. The number of hydrogen-bond donors (Lipinski definition) is 1. The smallest absolute Gasteiger partial charge is 0.242 e. The molecule has 0 aromatic carbocycles. The van der Waals surface area contributed by atoms with Gasteiger partial charge in [0.15, 0.2) is 5.96 Å². The van der Waals surface area contributed by atoms with Crippen LogP contribution in [-0.4, -0.2) is 86.5 Å². The Hall–Kier alpha value is -0.570. The fraction of sp³-hybridized carbons (Fsp3) is 0.882. The SMILES string of the molecule is CCCCN(C)CCN=C(NCC)N(C)CC(=O)N(CC)CC.I. The Morgan fingerprint density at radius 2 is 1.67 bits per heavy atom. The van der Waals surface area contributed by atoms with Crippen LogP contribution >= 0.6 is 24.0 Å². The molecule has 0 unspecified atom stereocenters. The van der Waals surface area contributed by atoms with Crippen LogP contribution in [0.5, 0.6) is 0 Å². The molecule has 0 bridgehead atoms. The second-order valence-electron chi connectivity index (χ2n) is 5.81. The maximum atomic E-state index is 12.2. The van der Waals surface area contributed by atoms with Gasteiger partial charge in [0.1, 0.15) is 0 Å². The first kappa shape index (κ1) is 25.7. The molecule has 0 fully saturated rings.